The number of nitrogens with zero attached hydrogens (tertiary/aromatic N) is 1. The Kier molecular flexibility index (Phi) is 7.02. The van der Waals surface area contributed by atoms with Crippen molar-refractivity contribution in [1.82, 2.24) is 4.90 Å². The van der Waals surface area contributed by atoms with Crippen LogP contribution >= 0.6 is 0 Å². The van der Waals surface area contributed by atoms with Crippen molar-refractivity contribution in [1.29, 1.82) is 0 Å². The van der Waals surface area contributed by atoms with Crippen LogP contribution in [0.25, 0.3) is 0 Å². The van der Waals surface area contributed by atoms with Crippen LogP contribution in [0.5, 0.6) is 5.75 Å². The summed E-state index contributed by atoms with van der Waals surface area (Å²) in [7, 11) is 0. The number of piperidine rings is 1. The number of aliphatic carboxylic acids is 2. The molecular formula is C27H31NO5. The van der Waals surface area contributed by atoms with Crippen LogP contribution < -0.4 is 4.74 Å². The van der Waals surface area contributed by atoms with Gasteiger partial charge in [0.05, 0.1) is 12.7 Å². The topological polar surface area (TPSA) is 87.1 Å². The first kappa shape index (κ1) is 22.9. The molecule has 3 atom stereocenters. The largest absolute Gasteiger partial charge is 0.494 e. The van der Waals surface area contributed by atoms with Crippen molar-refractivity contribution in [2.45, 2.75) is 44.4 Å². The molecule has 0 saturated carbocycles. The number of hydrogen-bond acceptors (Lipinski definition) is 4. The number of carbonyl (C=O) groups is 2. The van der Waals surface area contributed by atoms with E-state index in [2.05, 4.69) is 49.4 Å². The van der Waals surface area contributed by atoms with Crippen molar-refractivity contribution in [3.8, 4) is 5.75 Å². The molecule has 1 aliphatic carbocycles. The van der Waals surface area contributed by atoms with Crippen LogP contribution in [0.1, 0.15) is 61.1 Å². The van der Waals surface area contributed by atoms with Gasteiger partial charge in [0, 0.05) is 24.9 Å². The quantitative estimate of drug-likeness (QED) is 0.442. The lowest BCUT2D eigenvalue weighted by Gasteiger charge is -2.45. The summed E-state index contributed by atoms with van der Waals surface area (Å²) in [6.07, 6.45) is 4.79. The molecule has 2 aromatic carbocycles. The van der Waals surface area contributed by atoms with Crippen LogP contribution in [0.3, 0.4) is 0 Å². The molecule has 6 heteroatoms. The van der Waals surface area contributed by atoms with Crippen LogP contribution in [0.15, 0.2) is 60.3 Å². The Hall–Kier alpha value is -3.28. The Morgan fingerprint density at radius 3 is 2.48 bits per heavy atom. The zero-order valence-electron chi connectivity index (χ0n) is 18.9. The maximum Gasteiger partial charge on any atom is 0.352 e. The van der Waals surface area contributed by atoms with E-state index in [-0.39, 0.29) is 17.5 Å². The third-order valence-corrected chi connectivity index (χ3v) is 6.93. The van der Waals surface area contributed by atoms with Crippen molar-refractivity contribution >= 4 is 11.9 Å². The molecule has 1 aliphatic heterocycles. The molecule has 4 rings (SSSR count). The molecule has 0 aromatic heterocycles. The molecule has 1 heterocycles. The fraction of sp³-hybridized carbons (Fsp3) is 0.407. The minimum Gasteiger partial charge on any atom is -0.494 e. The summed E-state index contributed by atoms with van der Waals surface area (Å²) in [6.45, 7) is 3.95. The maximum atomic E-state index is 11.7. The Labute approximate surface area is 194 Å². The standard InChI is InChI=1S/C27H31NO5/c1-2-3-14-33-20-10-8-18(9-11-20)23-15-19-12-13-28(25(27(31)32)16-26(29)30)17-24(19)22-7-5-4-6-21(22)23/h4-11,16,19,23-24H,2-3,12-15,17H2,1H3,(H,29,30)(H,31,32). The monoisotopic (exact) mass is 449 g/mol. The van der Waals surface area contributed by atoms with E-state index in [1.54, 1.807) is 4.90 Å². The number of benzene rings is 2. The summed E-state index contributed by atoms with van der Waals surface area (Å²) >= 11 is 0. The predicted octanol–water partition coefficient (Wildman–Crippen LogP) is 4.86. The van der Waals surface area contributed by atoms with Crippen LogP contribution in [0.4, 0.5) is 0 Å². The summed E-state index contributed by atoms with van der Waals surface area (Å²) in [5, 5.41) is 18.7. The van der Waals surface area contributed by atoms with E-state index in [0.29, 0.717) is 19.0 Å². The molecule has 0 bridgehead atoms. The molecule has 33 heavy (non-hydrogen) atoms. The van der Waals surface area contributed by atoms with E-state index in [9.17, 15) is 14.7 Å². The van der Waals surface area contributed by atoms with Crippen molar-refractivity contribution < 1.29 is 24.5 Å². The fourth-order valence-corrected chi connectivity index (χ4v) is 5.30. The zero-order valence-corrected chi connectivity index (χ0v) is 18.9. The van der Waals surface area contributed by atoms with Crippen molar-refractivity contribution in [3.63, 3.8) is 0 Å². The van der Waals surface area contributed by atoms with Crippen LogP contribution in [0, 0.1) is 5.92 Å². The van der Waals surface area contributed by atoms with Crippen LogP contribution in [0.2, 0.25) is 0 Å². The van der Waals surface area contributed by atoms with Gasteiger partial charge in [-0.15, -0.1) is 0 Å². The molecule has 3 unspecified atom stereocenters. The lowest BCUT2D eigenvalue weighted by Crippen LogP contribution is -2.43. The molecule has 2 aliphatic rings. The normalized spacial score (nSPS) is 22.3. The van der Waals surface area contributed by atoms with Crippen molar-refractivity contribution in [2.24, 2.45) is 5.92 Å². The first-order valence-corrected chi connectivity index (χ1v) is 11.7. The number of carboxylic acids is 2. The number of unbranched alkanes of at least 4 members (excludes halogenated alkanes) is 1. The minimum atomic E-state index is -1.24. The van der Waals surface area contributed by atoms with Gasteiger partial charge >= 0.3 is 11.9 Å². The summed E-state index contributed by atoms with van der Waals surface area (Å²) in [4.78, 5) is 24.6. The number of fused-ring (bicyclic) bond motifs is 3. The molecule has 1 fully saturated rings. The van der Waals surface area contributed by atoms with Gasteiger partial charge in [0.25, 0.3) is 0 Å². The Morgan fingerprint density at radius 2 is 1.82 bits per heavy atom. The van der Waals surface area contributed by atoms with Gasteiger partial charge < -0.3 is 19.8 Å². The highest BCUT2D eigenvalue weighted by atomic mass is 16.5. The molecule has 0 radical (unpaired) electrons. The highest BCUT2D eigenvalue weighted by Crippen LogP contribution is 2.49. The van der Waals surface area contributed by atoms with Crippen LogP contribution in [-0.4, -0.2) is 46.7 Å². The van der Waals surface area contributed by atoms with E-state index in [1.165, 1.54) is 16.7 Å². The second kappa shape index (κ2) is 10.1. The molecule has 2 aromatic rings. The van der Waals surface area contributed by atoms with Gasteiger partial charge in [-0.25, -0.2) is 9.59 Å². The van der Waals surface area contributed by atoms with Gasteiger partial charge in [-0.05, 0) is 54.0 Å². The summed E-state index contributed by atoms with van der Waals surface area (Å²) in [5.41, 5.74) is 3.65. The number of ether oxygens (including phenoxy) is 1. The van der Waals surface area contributed by atoms with E-state index in [4.69, 9.17) is 9.84 Å². The Bertz CT molecular complexity index is 1030. The highest BCUT2D eigenvalue weighted by Gasteiger charge is 2.40. The Morgan fingerprint density at radius 1 is 1.09 bits per heavy atom. The molecule has 6 nitrogen and oxygen atoms in total. The second-order valence-corrected chi connectivity index (χ2v) is 8.96. The van der Waals surface area contributed by atoms with Gasteiger partial charge in [-0.1, -0.05) is 49.7 Å². The second-order valence-electron chi connectivity index (χ2n) is 8.96. The first-order chi connectivity index (χ1) is 16.0. The molecule has 174 valence electrons. The van der Waals surface area contributed by atoms with Gasteiger partial charge in [-0.3, -0.25) is 0 Å². The van der Waals surface area contributed by atoms with Crippen molar-refractivity contribution in [2.75, 3.05) is 19.7 Å². The molecular weight excluding hydrogens is 418 g/mol. The number of hydrogen-bond donors (Lipinski definition) is 2. The third-order valence-electron chi connectivity index (χ3n) is 6.93. The SMILES string of the molecule is CCCCOc1ccc(C2CC3CCN(C(=CC(=O)O)C(=O)O)CC3c3ccccc32)cc1. The molecule has 0 spiro atoms. The smallest absolute Gasteiger partial charge is 0.352 e. The third kappa shape index (κ3) is 5.05. The average Bonchev–Trinajstić information content (AvgIpc) is 2.82. The van der Waals surface area contributed by atoms with Gasteiger partial charge in [0.15, 0.2) is 0 Å². The van der Waals surface area contributed by atoms with E-state index < -0.39 is 11.9 Å². The van der Waals surface area contributed by atoms with E-state index in [1.807, 2.05) is 6.07 Å². The van der Waals surface area contributed by atoms with Crippen LogP contribution in [-0.2, 0) is 9.59 Å². The fourth-order valence-electron chi connectivity index (χ4n) is 5.30. The number of carboxylic acid groups (broad SMARTS) is 2. The van der Waals surface area contributed by atoms with Gasteiger partial charge in [0.2, 0.25) is 0 Å². The first-order valence-electron chi connectivity index (χ1n) is 11.7. The summed E-state index contributed by atoms with van der Waals surface area (Å²) in [5.74, 6) is -0.651. The number of rotatable bonds is 8. The zero-order chi connectivity index (χ0) is 23.4. The lowest BCUT2D eigenvalue weighted by molar-refractivity contribution is -0.136. The molecule has 2 N–H and O–H groups in total. The lowest BCUT2D eigenvalue weighted by atomic mass is 9.66. The number of likely N-dealkylation sites (tertiary alicyclic amines) is 1. The van der Waals surface area contributed by atoms with Gasteiger partial charge in [0.1, 0.15) is 11.4 Å². The van der Waals surface area contributed by atoms with E-state index >= 15 is 0 Å². The predicted molar refractivity (Wildman–Crippen MR) is 126 cm³/mol. The average molecular weight is 450 g/mol. The van der Waals surface area contributed by atoms with E-state index in [0.717, 1.165) is 44.1 Å². The summed E-state index contributed by atoms with van der Waals surface area (Å²) in [6, 6.07) is 16.8. The maximum absolute atomic E-state index is 11.7. The minimum absolute atomic E-state index is 0.140. The summed E-state index contributed by atoms with van der Waals surface area (Å²) < 4.78 is 5.82. The molecule has 1 saturated heterocycles. The molecule has 0 amide bonds. The highest BCUT2D eigenvalue weighted by molar-refractivity contribution is 5.94. The van der Waals surface area contributed by atoms with Crippen molar-refractivity contribution in [3.05, 3.63) is 77.0 Å². The van der Waals surface area contributed by atoms with Gasteiger partial charge in [-0.2, -0.15) is 0 Å². The Balaban J connectivity index is 1.58.